The Balaban J connectivity index is 2.74. The SMILES string of the molecule is CCCC(=O)OC(=O)c1ccc(C(C)(C)C)cc1. The molecule has 0 bridgehead atoms. The highest BCUT2D eigenvalue weighted by molar-refractivity contribution is 5.96. The number of esters is 2. The number of carbonyl (C=O) groups is 2. The quantitative estimate of drug-likeness (QED) is 0.607. The summed E-state index contributed by atoms with van der Waals surface area (Å²) in [5.41, 5.74) is 1.59. The number of carbonyl (C=O) groups excluding carboxylic acids is 2. The van der Waals surface area contributed by atoms with Crippen LogP contribution in [0, 0.1) is 0 Å². The van der Waals surface area contributed by atoms with E-state index < -0.39 is 11.9 Å². The minimum absolute atomic E-state index is 0.0421. The summed E-state index contributed by atoms with van der Waals surface area (Å²) < 4.78 is 4.72. The molecular weight excluding hydrogens is 228 g/mol. The first-order valence-electron chi connectivity index (χ1n) is 6.20. The fourth-order valence-electron chi connectivity index (χ4n) is 1.52. The second-order valence-electron chi connectivity index (χ2n) is 5.34. The van der Waals surface area contributed by atoms with Crippen LogP contribution in [-0.4, -0.2) is 11.9 Å². The molecule has 1 aromatic carbocycles. The third-order valence-corrected chi connectivity index (χ3v) is 2.65. The molecule has 0 atom stereocenters. The van der Waals surface area contributed by atoms with Gasteiger partial charge >= 0.3 is 11.9 Å². The molecule has 0 amide bonds. The summed E-state index contributed by atoms with van der Waals surface area (Å²) in [5, 5.41) is 0. The first-order valence-corrected chi connectivity index (χ1v) is 6.20. The Morgan fingerprint density at radius 2 is 1.67 bits per heavy atom. The molecule has 0 N–H and O–H groups in total. The number of ether oxygens (including phenoxy) is 1. The van der Waals surface area contributed by atoms with Crippen molar-refractivity contribution in [3.63, 3.8) is 0 Å². The van der Waals surface area contributed by atoms with E-state index in [0.717, 1.165) is 5.56 Å². The first kappa shape index (κ1) is 14.4. The van der Waals surface area contributed by atoms with Gasteiger partial charge < -0.3 is 4.74 Å². The van der Waals surface area contributed by atoms with Crippen molar-refractivity contribution in [1.82, 2.24) is 0 Å². The van der Waals surface area contributed by atoms with Gasteiger partial charge in [-0.05, 0) is 29.5 Å². The Morgan fingerprint density at radius 3 is 2.11 bits per heavy atom. The van der Waals surface area contributed by atoms with Crippen molar-refractivity contribution >= 4 is 11.9 Å². The number of hydrogen-bond acceptors (Lipinski definition) is 3. The van der Waals surface area contributed by atoms with E-state index in [1.807, 2.05) is 19.1 Å². The zero-order valence-corrected chi connectivity index (χ0v) is 11.4. The van der Waals surface area contributed by atoms with E-state index in [1.165, 1.54) is 0 Å². The van der Waals surface area contributed by atoms with Gasteiger partial charge in [-0.1, -0.05) is 39.8 Å². The molecule has 0 saturated heterocycles. The third kappa shape index (κ3) is 3.99. The molecule has 18 heavy (non-hydrogen) atoms. The van der Waals surface area contributed by atoms with Crippen LogP contribution in [0.15, 0.2) is 24.3 Å². The highest BCUT2D eigenvalue weighted by Crippen LogP contribution is 2.22. The lowest BCUT2D eigenvalue weighted by atomic mass is 9.87. The minimum atomic E-state index is -0.575. The van der Waals surface area contributed by atoms with Crippen LogP contribution in [0.25, 0.3) is 0 Å². The monoisotopic (exact) mass is 248 g/mol. The lowest BCUT2D eigenvalue weighted by Gasteiger charge is -2.18. The molecule has 0 aliphatic rings. The number of rotatable bonds is 3. The summed E-state index contributed by atoms with van der Waals surface area (Å²) in [7, 11) is 0. The standard InChI is InChI=1S/C15H20O3/c1-5-6-13(16)18-14(17)11-7-9-12(10-8-11)15(2,3)4/h7-10H,5-6H2,1-4H3. The van der Waals surface area contributed by atoms with Crippen LogP contribution < -0.4 is 0 Å². The van der Waals surface area contributed by atoms with Gasteiger partial charge in [0.2, 0.25) is 0 Å². The molecule has 3 heteroatoms. The van der Waals surface area contributed by atoms with E-state index in [4.69, 9.17) is 4.74 Å². The lowest BCUT2D eigenvalue weighted by Crippen LogP contribution is -2.14. The maximum atomic E-state index is 11.6. The Bertz CT molecular complexity index is 424. The number of benzene rings is 1. The zero-order chi connectivity index (χ0) is 13.8. The van der Waals surface area contributed by atoms with Crippen LogP contribution in [-0.2, 0) is 14.9 Å². The fraction of sp³-hybridized carbons (Fsp3) is 0.467. The maximum Gasteiger partial charge on any atom is 0.345 e. The summed E-state index contributed by atoms with van der Waals surface area (Å²) in [4.78, 5) is 22.9. The average Bonchev–Trinajstić information content (AvgIpc) is 2.28. The Kier molecular flexibility index (Phi) is 4.65. The van der Waals surface area contributed by atoms with Crippen LogP contribution in [0.3, 0.4) is 0 Å². The van der Waals surface area contributed by atoms with Crippen molar-refractivity contribution in [2.24, 2.45) is 0 Å². The van der Waals surface area contributed by atoms with Crippen molar-refractivity contribution in [2.45, 2.75) is 46.0 Å². The average molecular weight is 248 g/mol. The molecule has 0 aromatic heterocycles. The van der Waals surface area contributed by atoms with Gasteiger partial charge in [-0.25, -0.2) is 4.79 Å². The smallest absolute Gasteiger partial charge is 0.345 e. The van der Waals surface area contributed by atoms with E-state index in [1.54, 1.807) is 12.1 Å². The molecule has 98 valence electrons. The fourth-order valence-corrected chi connectivity index (χ4v) is 1.52. The molecule has 0 unspecified atom stereocenters. The molecule has 0 fully saturated rings. The molecule has 3 nitrogen and oxygen atoms in total. The van der Waals surface area contributed by atoms with E-state index in [2.05, 4.69) is 20.8 Å². The third-order valence-electron chi connectivity index (χ3n) is 2.65. The van der Waals surface area contributed by atoms with Crippen LogP contribution in [0.4, 0.5) is 0 Å². The summed E-state index contributed by atoms with van der Waals surface area (Å²) in [6.45, 7) is 8.17. The molecule has 0 heterocycles. The number of hydrogen-bond donors (Lipinski definition) is 0. The summed E-state index contributed by atoms with van der Waals surface area (Å²) in [6.07, 6.45) is 0.945. The molecule has 0 aliphatic heterocycles. The predicted octanol–water partition coefficient (Wildman–Crippen LogP) is 3.47. The van der Waals surface area contributed by atoms with Crippen molar-refractivity contribution in [3.05, 3.63) is 35.4 Å². The van der Waals surface area contributed by atoms with Crippen molar-refractivity contribution in [2.75, 3.05) is 0 Å². The summed E-state index contributed by atoms with van der Waals surface area (Å²) in [6, 6.07) is 7.17. The molecule has 1 rings (SSSR count). The van der Waals surface area contributed by atoms with Crippen molar-refractivity contribution in [1.29, 1.82) is 0 Å². The van der Waals surface area contributed by atoms with Gasteiger partial charge in [-0.15, -0.1) is 0 Å². The second-order valence-corrected chi connectivity index (χ2v) is 5.34. The van der Waals surface area contributed by atoms with Gasteiger partial charge in [0.05, 0.1) is 5.56 Å². The molecule has 1 aromatic rings. The van der Waals surface area contributed by atoms with Crippen LogP contribution in [0.1, 0.15) is 56.5 Å². The van der Waals surface area contributed by atoms with E-state index in [9.17, 15) is 9.59 Å². The molecule has 0 saturated carbocycles. The van der Waals surface area contributed by atoms with E-state index in [0.29, 0.717) is 12.0 Å². The van der Waals surface area contributed by atoms with E-state index in [-0.39, 0.29) is 11.8 Å². The van der Waals surface area contributed by atoms with Crippen LogP contribution in [0.2, 0.25) is 0 Å². The van der Waals surface area contributed by atoms with Crippen molar-refractivity contribution < 1.29 is 14.3 Å². The highest BCUT2D eigenvalue weighted by Gasteiger charge is 2.16. The van der Waals surface area contributed by atoms with Gasteiger partial charge in [-0.3, -0.25) is 4.79 Å². The van der Waals surface area contributed by atoms with Gasteiger partial charge in [0.15, 0.2) is 0 Å². The largest absolute Gasteiger partial charge is 0.389 e. The molecular formula is C15H20O3. The van der Waals surface area contributed by atoms with Gasteiger partial charge in [0.25, 0.3) is 0 Å². The van der Waals surface area contributed by atoms with Crippen molar-refractivity contribution in [3.8, 4) is 0 Å². The topological polar surface area (TPSA) is 43.4 Å². The maximum absolute atomic E-state index is 11.6. The molecule has 0 aliphatic carbocycles. The summed E-state index contributed by atoms with van der Waals surface area (Å²) in [5.74, 6) is -1.05. The zero-order valence-electron chi connectivity index (χ0n) is 11.4. The van der Waals surface area contributed by atoms with Crippen LogP contribution >= 0.6 is 0 Å². The van der Waals surface area contributed by atoms with Crippen LogP contribution in [0.5, 0.6) is 0 Å². The Hall–Kier alpha value is -1.64. The normalized spacial score (nSPS) is 11.1. The van der Waals surface area contributed by atoms with E-state index >= 15 is 0 Å². The first-order chi connectivity index (χ1) is 8.34. The highest BCUT2D eigenvalue weighted by atomic mass is 16.6. The van der Waals surface area contributed by atoms with Gasteiger partial charge in [-0.2, -0.15) is 0 Å². The molecule has 0 spiro atoms. The lowest BCUT2D eigenvalue weighted by molar-refractivity contribution is -0.137. The molecule has 0 radical (unpaired) electrons. The van der Waals surface area contributed by atoms with Gasteiger partial charge in [0.1, 0.15) is 0 Å². The predicted molar refractivity (Wildman–Crippen MR) is 70.5 cm³/mol. The Labute approximate surface area is 108 Å². The Morgan fingerprint density at radius 1 is 1.11 bits per heavy atom. The summed E-state index contributed by atoms with van der Waals surface area (Å²) >= 11 is 0. The second kappa shape index (κ2) is 5.80. The van der Waals surface area contributed by atoms with Gasteiger partial charge in [0, 0.05) is 6.42 Å². The minimum Gasteiger partial charge on any atom is -0.389 e.